The second kappa shape index (κ2) is 14.4. The molecule has 0 saturated carbocycles. The molecule has 3 aliphatic rings. The lowest BCUT2D eigenvalue weighted by Crippen LogP contribution is -2.47. The standard InChI is InChI=1S/C64H45N2P/c1-63(2)52-25-11-9-22-48(52)49-38-37-46(41-57(49)63)65(44-18-5-3-6-19-44)45-35-32-42(33-36-45)43-34-39-55-61(40-43)67(47-20-7-4-8-21-47)60-31-16-13-27-54(60)64(55)53-26-12-15-30-59(53)66-58-29-14-10-23-50(58)51-24-17-28-56(64)62(51)66/h3-41H,1-2H3/t64?,67-/m0/s1. The summed E-state index contributed by atoms with van der Waals surface area (Å²) in [5, 5.41) is 6.78. The zero-order chi connectivity index (χ0) is 44.4. The first kappa shape index (κ1) is 38.5. The third kappa shape index (κ3) is 5.31. The van der Waals surface area contributed by atoms with Gasteiger partial charge in [0.25, 0.3) is 0 Å². The molecule has 1 unspecified atom stereocenters. The lowest BCUT2D eigenvalue weighted by molar-refractivity contribution is 0.660. The molecule has 0 fully saturated rings. The third-order valence-electron chi connectivity index (χ3n) is 15.2. The van der Waals surface area contributed by atoms with E-state index in [1.54, 1.807) is 0 Å². The van der Waals surface area contributed by atoms with E-state index < -0.39 is 13.3 Å². The predicted octanol–water partition coefficient (Wildman–Crippen LogP) is 15.0. The van der Waals surface area contributed by atoms with Crippen molar-refractivity contribution in [2.45, 2.75) is 24.7 Å². The summed E-state index contributed by atoms with van der Waals surface area (Å²) >= 11 is 0. The van der Waals surface area contributed by atoms with Gasteiger partial charge >= 0.3 is 0 Å². The molecule has 3 heterocycles. The minimum absolute atomic E-state index is 0.0938. The Hall–Kier alpha value is -7.77. The van der Waals surface area contributed by atoms with E-state index in [0.717, 1.165) is 17.1 Å². The molecule has 0 radical (unpaired) electrons. The minimum atomic E-state index is -0.911. The van der Waals surface area contributed by atoms with Gasteiger partial charge in [0.2, 0.25) is 0 Å². The highest BCUT2D eigenvalue weighted by molar-refractivity contribution is 7.80. The largest absolute Gasteiger partial charge is 0.310 e. The van der Waals surface area contributed by atoms with Gasteiger partial charge in [0, 0.05) is 33.2 Å². The molecule has 0 N–H and O–H groups in total. The van der Waals surface area contributed by atoms with Gasteiger partial charge in [-0.2, -0.15) is 0 Å². The second-order valence-corrected chi connectivity index (χ2v) is 21.0. The van der Waals surface area contributed by atoms with E-state index in [-0.39, 0.29) is 5.41 Å². The molecule has 14 rings (SSSR count). The topological polar surface area (TPSA) is 8.17 Å². The monoisotopic (exact) mass is 872 g/mol. The Kier molecular flexibility index (Phi) is 8.25. The lowest BCUT2D eigenvalue weighted by Gasteiger charge is -2.48. The van der Waals surface area contributed by atoms with E-state index in [0.29, 0.717) is 0 Å². The van der Waals surface area contributed by atoms with Crippen LogP contribution in [0.4, 0.5) is 17.1 Å². The number of anilines is 3. The highest BCUT2D eigenvalue weighted by Crippen LogP contribution is 2.59. The molecular formula is C64H45N2P. The normalized spacial score (nSPS) is 16.8. The molecule has 0 saturated heterocycles. The summed E-state index contributed by atoms with van der Waals surface area (Å²) in [5.74, 6) is 0. The van der Waals surface area contributed by atoms with E-state index in [1.165, 1.54) is 99.0 Å². The Bertz CT molecular complexity index is 3790. The summed E-state index contributed by atoms with van der Waals surface area (Å²) in [4.78, 5) is 2.41. The molecule has 0 bridgehead atoms. The summed E-state index contributed by atoms with van der Waals surface area (Å²) in [6.07, 6.45) is 0. The van der Waals surface area contributed by atoms with Gasteiger partial charge in [0.1, 0.15) is 0 Å². The number of nitrogens with zero attached hydrogens (tertiary/aromatic N) is 2. The number of rotatable bonds is 5. The Morgan fingerprint density at radius 1 is 0.388 bits per heavy atom. The SMILES string of the molecule is CC1(C)c2ccccc2-c2ccc(N(c3ccccc3)c3ccc(-c4ccc5c(c4)[P@@](c4ccccc4)c4ccccc4C54c5ccccc5-n5c6ccccc6c6cccc4c65)cc3)cc21. The van der Waals surface area contributed by atoms with Crippen LogP contribution >= 0.6 is 7.92 Å². The van der Waals surface area contributed by atoms with Crippen molar-refractivity contribution in [2.24, 2.45) is 0 Å². The highest BCUT2D eigenvalue weighted by Gasteiger charge is 2.51. The number of aromatic nitrogens is 1. The van der Waals surface area contributed by atoms with Crippen molar-refractivity contribution in [3.05, 3.63) is 270 Å². The zero-order valence-corrected chi connectivity index (χ0v) is 38.3. The molecule has 2 nitrogen and oxygen atoms in total. The fourth-order valence-corrected chi connectivity index (χ4v) is 15.0. The van der Waals surface area contributed by atoms with Crippen LogP contribution in [0.15, 0.2) is 237 Å². The number of fused-ring (bicyclic) bond motifs is 14. The number of hydrogen-bond acceptors (Lipinski definition) is 1. The van der Waals surface area contributed by atoms with E-state index >= 15 is 0 Å². The first-order valence-electron chi connectivity index (χ1n) is 23.4. The average molecular weight is 873 g/mol. The second-order valence-electron chi connectivity index (χ2n) is 18.9. The van der Waals surface area contributed by atoms with Gasteiger partial charge in [-0.15, -0.1) is 0 Å². The molecule has 2 atom stereocenters. The maximum Gasteiger partial charge on any atom is 0.0755 e. The van der Waals surface area contributed by atoms with Gasteiger partial charge < -0.3 is 9.47 Å². The molecule has 316 valence electrons. The van der Waals surface area contributed by atoms with Crippen molar-refractivity contribution in [3.8, 4) is 27.9 Å². The van der Waals surface area contributed by atoms with E-state index in [9.17, 15) is 0 Å². The van der Waals surface area contributed by atoms with Crippen LogP contribution in [0.1, 0.15) is 47.2 Å². The summed E-state index contributed by atoms with van der Waals surface area (Å²) < 4.78 is 2.54. The van der Waals surface area contributed by atoms with Crippen LogP contribution in [-0.2, 0) is 10.8 Å². The van der Waals surface area contributed by atoms with E-state index in [2.05, 4.69) is 260 Å². The lowest BCUT2D eigenvalue weighted by atomic mass is 9.62. The van der Waals surface area contributed by atoms with Crippen LogP contribution in [0.3, 0.4) is 0 Å². The Morgan fingerprint density at radius 3 is 1.82 bits per heavy atom. The molecule has 0 amide bonds. The van der Waals surface area contributed by atoms with Crippen molar-refractivity contribution in [1.82, 2.24) is 4.57 Å². The van der Waals surface area contributed by atoms with Crippen LogP contribution in [0, 0.1) is 0 Å². The maximum atomic E-state index is 2.54. The van der Waals surface area contributed by atoms with Crippen LogP contribution in [-0.4, -0.2) is 4.57 Å². The Morgan fingerprint density at radius 2 is 0.985 bits per heavy atom. The molecule has 3 heteroatoms. The summed E-state index contributed by atoms with van der Waals surface area (Å²) in [6.45, 7) is 4.72. The first-order valence-corrected chi connectivity index (χ1v) is 24.8. The van der Waals surface area contributed by atoms with Gasteiger partial charge in [-0.3, -0.25) is 0 Å². The van der Waals surface area contributed by atoms with Crippen molar-refractivity contribution < 1.29 is 0 Å². The van der Waals surface area contributed by atoms with E-state index in [1.807, 2.05) is 0 Å². The minimum Gasteiger partial charge on any atom is -0.310 e. The number of hydrogen-bond donors (Lipinski definition) is 0. The molecule has 67 heavy (non-hydrogen) atoms. The molecule has 10 aromatic carbocycles. The van der Waals surface area contributed by atoms with Crippen LogP contribution < -0.4 is 20.8 Å². The average Bonchev–Trinajstić information content (AvgIpc) is 3.84. The molecule has 1 aliphatic carbocycles. The van der Waals surface area contributed by atoms with Crippen molar-refractivity contribution >= 4 is 62.7 Å². The first-order chi connectivity index (χ1) is 33.0. The molecule has 1 spiro atoms. The fraction of sp³-hybridized carbons (Fsp3) is 0.0625. The van der Waals surface area contributed by atoms with Crippen molar-refractivity contribution in [1.29, 1.82) is 0 Å². The molecule has 11 aromatic rings. The predicted molar refractivity (Wildman–Crippen MR) is 283 cm³/mol. The fourth-order valence-electron chi connectivity index (χ4n) is 12.3. The van der Waals surface area contributed by atoms with Crippen LogP contribution in [0.5, 0.6) is 0 Å². The smallest absolute Gasteiger partial charge is 0.0755 e. The summed E-state index contributed by atoms with van der Waals surface area (Å²) in [7, 11) is -0.911. The van der Waals surface area contributed by atoms with Crippen LogP contribution in [0.25, 0.3) is 49.7 Å². The van der Waals surface area contributed by atoms with Crippen LogP contribution in [0.2, 0.25) is 0 Å². The Balaban J connectivity index is 0.961. The quantitative estimate of drug-likeness (QED) is 0.156. The van der Waals surface area contributed by atoms with Gasteiger partial charge in [-0.05, 0) is 134 Å². The summed E-state index contributed by atoms with van der Waals surface area (Å²) in [5.41, 5.74) is 19.9. The maximum absolute atomic E-state index is 2.54. The number of para-hydroxylation sites is 4. The molecule has 2 aliphatic heterocycles. The van der Waals surface area contributed by atoms with Crippen molar-refractivity contribution in [3.63, 3.8) is 0 Å². The van der Waals surface area contributed by atoms with Gasteiger partial charge in [-0.1, -0.05) is 196 Å². The molecule has 1 aromatic heterocycles. The van der Waals surface area contributed by atoms with Gasteiger partial charge in [0.15, 0.2) is 0 Å². The van der Waals surface area contributed by atoms with Gasteiger partial charge in [0.05, 0.1) is 22.1 Å². The van der Waals surface area contributed by atoms with Crippen molar-refractivity contribution in [2.75, 3.05) is 4.90 Å². The third-order valence-corrected chi connectivity index (χ3v) is 17.7. The zero-order valence-electron chi connectivity index (χ0n) is 37.4. The number of benzene rings is 10. The Labute approximate surface area is 392 Å². The highest BCUT2D eigenvalue weighted by atomic mass is 31.1. The van der Waals surface area contributed by atoms with E-state index in [4.69, 9.17) is 0 Å². The van der Waals surface area contributed by atoms with Gasteiger partial charge in [-0.25, -0.2) is 0 Å². The molecular weight excluding hydrogens is 828 g/mol. The summed E-state index contributed by atoms with van der Waals surface area (Å²) in [6, 6.07) is 89.2.